The number of methoxy groups -OCH3 is 1. The molecule has 1 aromatic heterocycles. The van der Waals surface area contributed by atoms with Crippen molar-refractivity contribution in [2.75, 3.05) is 7.11 Å². The highest BCUT2D eigenvalue weighted by Gasteiger charge is 2.45. The zero-order chi connectivity index (χ0) is 15.2. The lowest BCUT2D eigenvalue weighted by Gasteiger charge is -2.45. The molecule has 5 heteroatoms. The largest absolute Gasteiger partial charge is 0.373 e. The molecule has 4 unspecified atom stereocenters. The van der Waals surface area contributed by atoms with E-state index in [9.17, 15) is 0 Å². The maximum Gasteiger partial charge on any atom is 0.230 e. The maximum absolute atomic E-state index is 6.23. The molecule has 3 rings (SSSR count). The SMILES string of the molecule is COC(c1noc(C2CCC(N)C(C)C2(C)C)n1)C1CC1. The molecule has 5 nitrogen and oxygen atoms in total. The van der Waals surface area contributed by atoms with E-state index < -0.39 is 0 Å². The van der Waals surface area contributed by atoms with Gasteiger partial charge in [0.15, 0.2) is 0 Å². The van der Waals surface area contributed by atoms with E-state index in [-0.39, 0.29) is 23.5 Å². The fraction of sp³-hybridized carbons (Fsp3) is 0.875. The molecule has 2 aliphatic rings. The van der Waals surface area contributed by atoms with E-state index in [1.165, 1.54) is 12.8 Å². The van der Waals surface area contributed by atoms with Gasteiger partial charge in [0.05, 0.1) is 0 Å². The van der Waals surface area contributed by atoms with Gasteiger partial charge in [0.25, 0.3) is 0 Å². The Kier molecular flexibility index (Phi) is 3.82. The molecule has 0 spiro atoms. The third-order valence-corrected chi connectivity index (χ3v) is 5.82. The first-order valence-corrected chi connectivity index (χ1v) is 8.07. The van der Waals surface area contributed by atoms with Crippen molar-refractivity contribution in [1.29, 1.82) is 0 Å². The number of nitrogens with two attached hydrogens (primary N) is 1. The summed E-state index contributed by atoms with van der Waals surface area (Å²) in [6.45, 7) is 6.76. The van der Waals surface area contributed by atoms with Gasteiger partial charge in [-0.05, 0) is 42.9 Å². The Hall–Kier alpha value is -0.940. The van der Waals surface area contributed by atoms with Gasteiger partial charge in [-0.2, -0.15) is 4.98 Å². The minimum absolute atomic E-state index is 0.00566. The quantitative estimate of drug-likeness (QED) is 0.923. The summed E-state index contributed by atoms with van der Waals surface area (Å²) in [6, 6.07) is 0.261. The van der Waals surface area contributed by atoms with E-state index in [1.807, 2.05) is 0 Å². The molecule has 2 fully saturated rings. The van der Waals surface area contributed by atoms with E-state index in [0.717, 1.165) is 18.7 Å². The smallest absolute Gasteiger partial charge is 0.230 e. The molecule has 1 aromatic rings. The van der Waals surface area contributed by atoms with Crippen molar-refractivity contribution in [3.05, 3.63) is 11.7 Å². The molecule has 2 saturated carbocycles. The first-order chi connectivity index (χ1) is 9.95. The lowest BCUT2D eigenvalue weighted by molar-refractivity contribution is 0.0746. The second-order valence-electron chi connectivity index (χ2n) is 7.39. The van der Waals surface area contributed by atoms with Crippen molar-refractivity contribution in [2.24, 2.45) is 23.0 Å². The minimum Gasteiger partial charge on any atom is -0.373 e. The van der Waals surface area contributed by atoms with Crippen LogP contribution in [0.5, 0.6) is 0 Å². The second kappa shape index (κ2) is 5.36. The Balaban J connectivity index is 1.82. The van der Waals surface area contributed by atoms with Gasteiger partial charge in [-0.3, -0.25) is 0 Å². The molecule has 118 valence electrons. The zero-order valence-corrected chi connectivity index (χ0v) is 13.5. The molecule has 0 radical (unpaired) electrons. The Morgan fingerprint density at radius 2 is 2.00 bits per heavy atom. The van der Waals surface area contributed by atoms with Crippen LogP contribution in [0, 0.1) is 17.3 Å². The molecule has 2 aliphatic carbocycles. The molecule has 0 aliphatic heterocycles. The van der Waals surface area contributed by atoms with Crippen molar-refractivity contribution in [3.8, 4) is 0 Å². The molecule has 0 saturated heterocycles. The molecule has 21 heavy (non-hydrogen) atoms. The van der Waals surface area contributed by atoms with Gasteiger partial charge >= 0.3 is 0 Å². The topological polar surface area (TPSA) is 74.2 Å². The summed E-state index contributed by atoms with van der Waals surface area (Å²) in [6.07, 6.45) is 4.42. The highest BCUT2D eigenvalue weighted by molar-refractivity contribution is 5.08. The van der Waals surface area contributed by atoms with Crippen LogP contribution >= 0.6 is 0 Å². The summed E-state index contributed by atoms with van der Waals surface area (Å²) in [5, 5.41) is 4.19. The number of rotatable bonds is 4. The number of nitrogens with zero attached hydrogens (tertiary/aromatic N) is 2. The molecular formula is C16H27N3O2. The van der Waals surface area contributed by atoms with E-state index in [1.54, 1.807) is 7.11 Å². The van der Waals surface area contributed by atoms with Gasteiger partial charge in [0.2, 0.25) is 11.7 Å². The Morgan fingerprint density at radius 3 is 2.62 bits per heavy atom. The van der Waals surface area contributed by atoms with Crippen LogP contribution in [-0.2, 0) is 4.74 Å². The Bertz CT molecular complexity index is 495. The predicted molar refractivity (Wildman–Crippen MR) is 79.7 cm³/mol. The summed E-state index contributed by atoms with van der Waals surface area (Å²) in [4.78, 5) is 4.68. The molecular weight excluding hydrogens is 266 g/mol. The number of ether oxygens (including phenoxy) is 1. The van der Waals surface area contributed by atoms with E-state index >= 15 is 0 Å². The first kappa shape index (κ1) is 15.0. The lowest BCUT2D eigenvalue weighted by atomic mass is 9.61. The van der Waals surface area contributed by atoms with Crippen LogP contribution < -0.4 is 5.73 Å². The number of hydrogen-bond donors (Lipinski definition) is 1. The van der Waals surface area contributed by atoms with Crippen molar-refractivity contribution < 1.29 is 9.26 Å². The third kappa shape index (κ3) is 2.61. The van der Waals surface area contributed by atoms with Crippen LogP contribution in [0.15, 0.2) is 4.52 Å². The molecule has 0 amide bonds. The average molecular weight is 293 g/mol. The van der Waals surface area contributed by atoms with Crippen molar-refractivity contribution >= 4 is 0 Å². The molecule has 2 N–H and O–H groups in total. The highest BCUT2D eigenvalue weighted by Crippen LogP contribution is 2.50. The van der Waals surface area contributed by atoms with E-state index in [0.29, 0.717) is 17.7 Å². The van der Waals surface area contributed by atoms with Crippen LogP contribution in [0.3, 0.4) is 0 Å². The van der Waals surface area contributed by atoms with Crippen LogP contribution in [0.1, 0.15) is 70.2 Å². The fourth-order valence-corrected chi connectivity index (χ4v) is 3.70. The highest BCUT2D eigenvalue weighted by atomic mass is 16.5. The summed E-state index contributed by atoms with van der Waals surface area (Å²) < 4.78 is 11.1. The van der Waals surface area contributed by atoms with Crippen LogP contribution in [0.25, 0.3) is 0 Å². The standard InChI is InChI=1S/C16H27N3O2/c1-9-12(17)8-7-11(16(9,2)3)15-18-14(19-21-15)13(20-4)10-5-6-10/h9-13H,5-8,17H2,1-4H3. The van der Waals surface area contributed by atoms with Gasteiger partial charge in [0, 0.05) is 19.1 Å². The van der Waals surface area contributed by atoms with Crippen LogP contribution in [0.2, 0.25) is 0 Å². The van der Waals surface area contributed by atoms with Crippen LogP contribution in [0.4, 0.5) is 0 Å². The first-order valence-electron chi connectivity index (χ1n) is 8.07. The van der Waals surface area contributed by atoms with E-state index in [4.69, 9.17) is 15.0 Å². The molecule has 0 bridgehead atoms. The molecule has 0 aromatic carbocycles. The second-order valence-corrected chi connectivity index (χ2v) is 7.39. The average Bonchev–Trinajstić information content (AvgIpc) is 3.16. The lowest BCUT2D eigenvalue weighted by Crippen LogP contribution is -2.45. The Morgan fingerprint density at radius 1 is 1.29 bits per heavy atom. The van der Waals surface area contributed by atoms with Gasteiger partial charge in [0.1, 0.15) is 6.10 Å². The van der Waals surface area contributed by atoms with Gasteiger partial charge in [-0.15, -0.1) is 0 Å². The van der Waals surface area contributed by atoms with Gasteiger partial charge in [-0.25, -0.2) is 0 Å². The summed E-state index contributed by atoms with van der Waals surface area (Å²) in [5.74, 6) is 2.76. The molecule has 4 atom stereocenters. The number of hydrogen-bond acceptors (Lipinski definition) is 5. The van der Waals surface area contributed by atoms with Crippen LogP contribution in [-0.4, -0.2) is 23.3 Å². The van der Waals surface area contributed by atoms with Crippen molar-refractivity contribution in [1.82, 2.24) is 10.1 Å². The van der Waals surface area contributed by atoms with Gasteiger partial charge in [-0.1, -0.05) is 25.9 Å². The monoisotopic (exact) mass is 293 g/mol. The summed E-state index contributed by atoms with van der Waals surface area (Å²) in [7, 11) is 1.73. The maximum atomic E-state index is 6.23. The predicted octanol–water partition coefficient (Wildman–Crippen LogP) is 3.03. The molecule has 1 heterocycles. The zero-order valence-electron chi connectivity index (χ0n) is 13.5. The third-order valence-electron chi connectivity index (χ3n) is 5.82. The summed E-state index contributed by atoms with van der Waals surface area (Å²) >= 11 is 0. The number of aromatic nitrogens is 2. The minimum atomic E-state index is -0.00566. The normalized spacial score (nSPS) is 33.9. The fourth-order valence-electron chi connectivity index (χ4n) is 3.70. The van der Waals surface area contributed by atoms with Crippen molar-refractivity contribution in [2.45, 2.75) is 64.5 Å². The van der Waals surface area contributed by atoms with Crippen molar-refractivity contribution in [3.63, 3.8) is 0 Å². The Labute approximate surface area is 126 Å². The van der Waals surface area contributed by atoms with E-state index in [2.05, 4.69) is 30.9 Å². The van der Waals surface area contributed by atoms with Gasteiger partial charge < -0.3 is 15.0 Å². The summed E-state index contributed by atoms with van der Waals surface area (Å²) in [5.41, 5.74) is 6.30.